The molecule has 0 aliphatic heterocycles. The van der Waals surface area contributed by atoms with Gasteiger partial charge in [0, 0.05) is 5.39 Å². The van der Waals surface area contributed by atoms with Gasteiger partial charge in [-0.25, -0.2) is 14.1 Å². The maximum atomic E-state index is 13.1. The molecule has 146 valence electrons. The number of hydrogen-bond donors (Lipinski definition) is 1. The molecule has 0 bridgehead atoms. The lowest BCUT2D eigenvalue weighted by molar-refractivity contribution is 0.0936. The van der Waals surface area contributed by atoms with Crippen LogP contribution in [0.1, 0.15) is 16.4 Å². The van der Waals surface area contributed by atoms with Crippen molar-refractivity contribution in [3.8, 4) is 11.4 Å². The number of fused-ring (bicyclic) bond motifs is 1. The summed E-state index contributed by atoms with van der Waals surface area (Å²) >= 11 is 0. The second-order valence-corrected chi connectivity index (χ2v) is 6.45. The Morgan fingerprint density at radius 3 is 2.66 bits per heavy atom. The Morgan fingerprint density at radius 2 is 1.83 bits per heavy atom. The molecule has 1 amide bonds. The summed E-state index contributed by atoms with van der Waals surface area (Å²) < 4.78 is 20.4. The van der Waals surface area contributed by atoms with E-state index < -0.39 is 5.91 Å². The van der Waals surface area contributed by atoms with E-state index >= 15 is 0 Å². The molecule has 0 spiro atoms. The van der Waals surface area contributed by atoms with Gasteiger partial charge in [-0.2, -0.15) is 0 Å². The molecule has 0 fully saturated rings. The van der Waals surface area contributed by atoms with Crippen molar-refractivity contribution in [3.05, 3.63) is 84.2 Å². The molecule has 0 aliphatic rings. The van der Waals surface area contributed by atoms with Crippen molar-refractivity contribution in [2.75, 3.05) is 13.2 Å². The number of nitrogens with one attached hydrogen (secondary N) is 1. The van der Waals surface area contributed by atoms with Crippen LogP contribution in [0.15, 0.2) is 66.7 Å². The molecule has 0 aliphatic carbocycles. The third-order valence-electron chi connectivity index (χ3n) is 4.44. The highest BCUT2D eigenvalue weighted by Crippen LogP contribution is 2.24. The Morgan fingerprint density at radius 1 is 1.07 bits per heavy atom. The molecule has 3 aromatic carbocycles. The zero-order valence-electron chi connectivity index (χ0n) is 15.8. The van der Waals surface area contributed by atoms with E-state index in [2.05, 4.69) is 15.4 Å². The summed E-state index contributed by atoms with van der Waals surface area (Å²) in [5.74, 6) is 0.629. The number of hydrogen-bond acceptors (Lipinski definition) is 4. The fourth-order valence-corrected chi connectivity index (χ4v) is 3.04. The highest BCUT2D eigenvalue weighted by molar-refractivity contribution is 5.90. The number of nitrogens with zero attached hydrogens (tertiary/aromatic N) is 3. The summed E-state index contributed by atoms with van der Waals surface area (Å²) in [4.78, 5) is 16.5. The largest absolute Gasteiger partial charge is 0.491 e. The lowest BCUT2D eigenvalue weighted by atomic mass is 10.1. The van der Waals surface area contributed by atoms with Crippen molar-refractivity contribution >= 4 is 16.7 Å². The van der Waals surface area contributed by atoms with Crippen LogP contribution in [0.5, 0.6) is 5.75 Å². The fourth-order valence-electron chi connectivity index (χ4n) is 3.04. The van der Waals surface area contributed by atoms with Crippen molar-refractivity contribution in [2.45, 2.75) is 6.92 Å². The Labute approximate surface area is 167 Å². The van der Waals surface area contributed by atoms with E-state index in [0.717, 1.165) is 16.5 Å². The van der Waals surface area contributed by atoms with Gasteiger partial charge in [0.25, 0.3) is 5.91 Å². The monoisotopic (exact) mass is 390 g/mol. The highest BCUT2D eigenvalue weighted by atomic mass is 19.1. The number of aryl methyl sites for hydroxylation is 1. The third kappa shape index (κ3) is 4.08. The molecule has 0 radical (unpaired) electrons. The summed E-state index contributed by atoms with van der Waals surface area (Å²) in [6, 6.07) is 19.7. The number of amides is 1. The van der Waals surface area contributed by atoms with Crippen molar-refractivity contribution in [1.29, 1.82) is 0 Å². The molecule has 1 heterocycles. The molecule has 0 saturated carbocycles. The fraction of sp³-hybridized carbons (Fsp3) is 0.136. The van der Waals surface area contributed by atoms with E-state index in [4.69, 9.17) is 4.74 Å². The van der Waals surface area contributed by atoms with Gasteiger partial charge in [-0.15, -0.1) is 5.10 Å². The maximum Gasteiger partial charge on any atom is 0.291 e. The normalized spacial score (nSPS) is 10.8. The molecular formula is C22H19FN4O2. The number of rotatable bonds is 6. The zero-order chi connectivity index (χ0) is 20.2. The van der Waals surface area contributed by atoms with Gasteiger partial charge in [-0.3, -0.25) is 4.79 Å². The van der Waals surface area contributed by atoms with E-state index in [-0.39, 0.29) is 11.6 Å². The van der Waals surface area contributed by atoms with E-state index in [0.29, 0.717) is 24.7 Å². The minimum Gasteiger partial charge on any atom is -0.491 e. The quantitative estimate of drug-likeness (QED) is 0.510. The first-order valence-electron chi connectivity index (χ1n) is 9.20. The Hall–Kier alpha value is -3.74. The van der Waals surface area contributed by atoms with Gasteiger partial charge in [-0.1, -0.05) is 36.4 Å². The molecule has 1 N–H and O–H groups in total. The smallest absolute Gasteiger partial charge is 0.291 e. The van der Waals surface area contributed by atoms with E-state index in [9.17, 15) is 9.18 Å². The van der Waals surface area contributed by atoms with E-state index in [1.165, 1.54) is 16.8 Å². The lowest BCUT2D eigenvalue weighted by Crippen LogP contribution is -2.29. The molecular weight excluding hydrogens is 371 g/mol. The SMILES string of the molecule is Cc1nc(C(=O)NCCOc2cccc3ccccc23)nn1-c1ccc(F)cc1. The average Bonchev–Trinajstić information content (AvgIpc) is 3.13. The Bertz CT molecular complexity index is 1150. The second kappa shape index (κ2) is 8.10. The molecule has 4 rings (SSSR count). The van der Waals surface area contributed by atoms with Crippen LogP contribution in [0.4, 0.5) is 4.39 Å². The summed E-state index contributed by atoms with van der Waals surface area (Å²) in [6.45, 7) is 2.36. The van der Waals surface area contributed by atoms with Crippen LogP contribution < -0.4 is 10.1 Å². The molecule has 0 saturated heterocycles. The van der Waals surface area contributed by atoms with Gasteiger partial charge in [0.1, 0.15) is 24.0 Å². The number of aromatic nitrogens is 3. The summed E-state index contributed by atoms with van der Waals surface area (Å²) in [5.41, 5.74) is 0.634. The molecule has 6 nitrogen and oxygen atoms in total. The van der Waals surface area contributed by atoms with E-state index in [1.54, 1.807) is 19.1 Å². The predicted molar refractivity (Wildman–Crippen MR) is 108 cm³/mol. The first-order valence-corrected chi connectivity index (χ1v) is 9.20. The average molecular weight is 390 g/mol. The first kappa shape index (κ1) is 18.6. The predicted octanol–water partition coefficient (Wildman–Crippen LogP) is 3.68. The van der Waals surface area contributed by atoms with Gasteiger partial charge < -0.3 is 10.1 Å². The minimum absolute atomic E-state index is 0.0528. The minimum atomic E-state index is -0.393. The van der Waals surface area contributed by atoms with Crippen LogP contribution >= 0.6 is 0 Å². The number of carbonyl (C=O) groups is 1. The maximum absolute atomic E-state index is 13.1. The van der Waals surface area contributed by atoms with Crippen molar-refractivity contribution in [3.63, 3.8) is 0 Å². The second-order valence-electron chi connectivity index (χ2n) is 6.45. The van der Waals surface area contributed by atoms with Crippen LogP contribution in [0.2, 0.25) is 0 Å². The van der Waals surface area contributed by atoms with Crippen LogP contribution in [0.3, 0.4) is 0 Å². The van der Waals surface area contributed by atoms with Gasteiger partial charge in [-0.05, 0) is 42.6 Å². The van der Waals surface area contributed by atoms with Gasteiger partial charge in [0.2, 0.25) is 5.82 Å². The lowest BCUT2D eigenvalue weighted by Gasteiger charge is -2.09. The van der Waals surface area contributed by atoms with Gasteiger partial charge in [0.05, 0.1) is 12.2 Å². The van der Waals surface area contributed by atoms with Crippen LogP contribution in [0, 0.1) is 12.7 Å². The van der Waals surface area contributed by atoms with Crippen LogP contribution in [-0.2, 0) is 0 Å². The van der Waals surface area contributed by atoms with Gasteiger partial charge >= 0.3 is 0 Å². The standard InChI is InChI=1S/C22H19FN4O2/c1-15-25-21(26-27(15)18-11-9-17(23)10-12-18)22(28)24-13-14-29-20-8-4-6-16-5-2-3-7-19(16)20/h2-12H,13-14H2,1H3,(H,24,28). The number of halogens is 1. The molecule has 7 heteroatoms. The number of ether oxygens (including phenoxy) is 1. The first-order chi connectivity index (χ1) is 14.1. The number of carbonyl (C=O) groups excluding carboxylic acids is 1. The molecule has 29 heavy (non-hydrogen) atoms. The third-order valence-corrected chi connectivity index (χ3v) is 4.44. The topological polar surface area (TPSA) is 69.0 Å². The Balaban J connectivity index is 1.36. The van der Waals surface area contributed by atoms with Crippen LogP contribution in [0.25, 0.3) is 16.5 Å². The summed E-state index contributed by atoms with van der Waals surface area (Å²) in [7, 11) is 0. The summed E-state index contributed by atoms with van der Waals surface area (Å²) in [6.07, 6.45) is 0. The molecule has 0 atom stereocenters. The molecule has 4 aromatic rings. The molecule has 1 aromatic heterocycles. The summed E-state index contributed by atoms with van der Waals surface area (Å²) in [5, 5.41) is 9.10. The van der Waals surface area contributed by atoms with Crippen LogP contribution in [-0.4, -0.2) is 33.8 Å². The van der Waals surface area contributed by atoms with Crippen molar-refractivity contribution < 1.29 is 13.9 Å². The van der Waals surface area contributed by atoms with E-state index in [1.807, 2.05) is 42.5 Å². The Kier molecular flexibility index (Phi) is 5.20. The van der Waals surface area contributed by atoms with Crippen molar-refractivity contribution in [1.82, 2.24) is 20.1 Å². The number of benzene rings is 3. The van der Waals surface area contributed by atoms with Gasteiger partial charge in [0.15, 0.2) is 0 Å². The highest BCUT2D eigenvalue weighted by Gasteiger charge is 2.15. The molecule has 0 unspecified atom stereocenters. The van der Waals surface area contributed by atoms with Crippen molar-refractivity contribution in [2.24, 2.45) is 0 Å². The zero-order valence-corrected chi connectivity index (χ0v) is 15.8.